The van der Waals surface area contributed by atoms with Gasteiger partial charge in [-0.15, -0.1) is 0 Å². The van der Waals surface area contributed by atoms with Gasteiger partial charge in [-0.1, -0.05) is 87.8 Å². The summed E-state index contributed by atoms with van der Waals surface area (Å²) in [5.41, 5.74) is 26.3. The monoisotopic (exact) mass is 831 g/mol. The first-order chi connectivity index (χ1) is 29.9. The van der Waals surface area contributed by atoms with Crippen LogP contribution < -0.4 is 0 Å². The van der Waals surface area contributed by atoms with E-state index in [-0.39, 0.29) is 0 Å². The molecule has 0 nitrogen and oxygen atoms in total. The SMILES string of the molecule is CC12CCC(CC1=C1C(=C3CCC4CCC3C4)C(=C3C4CCCC3CCC4)C3CCC(C(=C4CC5CCC4C5)C(=C4CC5CCC4C5)C3)C1=C1CC3CCC1(C)C3(C)C)C2(C)C. The van der Waals surface area contributed by atoms with Crippen LogP contribution in [0, 0.1) is 92.7 Å². The Morgan fingerprint density at radius 3 is 1.50 bits per heavy atom. The van der Waals surface area contributed by atoms with E-state index in [2.05, 4.69) is 97.3 Å². The van der Waals surface area contributed by atoms with E-state index in [1.54, 1.807) is 0 Å². The molecule has 14 bridgehead atoms. The first-order valence-corrected chi connectivity index (χ1v) is 28.3. The third-order valence-electron chi connectivity index (χ3n) is 25.6. The smallest absolute Gasteiger partial charge is 0.00978 e. The fourth-order valence-corrected chi connectivity index (χ4v) is 21.4. The molecule has 0 radical (unpaired) electrons. The van der Waals surface area contributed by atoms with Crippen LogP contribution in [0.2, 0.25) is 0 Å². The fourth-order valence-electron chi connectivity index (χ4n) is 21.4. The molecule has 0 aliphatic heterocycles. The molecule has 334 valence electrons. The fraction of sp³-hybridized carbons (Fsp3) is 0.806. The molecule has 0 saturated heterocycles. The van der Waals surface area contributed by atoms with Crippen molar-refractivity contribution in [1.29, 1.82) is 0 Å². The van der Waals surface area contributed by atoms with Gasteiger partial charge >= 0.3 is 0 Å². The van der Waals surface area contributed by atoms with Crippen molar-refractivity contribution < 1.29 is 0 Å². The molecule has 0 heteroatoms. The van der Waals surface area contributed by atoms with Crippen LogP contribution in [0.3, 0.4) is 0 Å². The summed E-state index contributed by atoms with van der Waals surface area (Å²) < 4.78 is 0. The highest BCUT2D eigenvalue weighted by atomic mass is 14.7. The number of hydrogen-bond donors (Lipinski definition) is 0. The zero-order valence-corrected chi connectivity index (χ0v) is 40.7. The first kappa shape index (κ1) is 39.6. The van der Waals surface area contributed by atoms with Gasteiger partial charge < -0.3 is 0 Å². The summed E-state index contributed by atoms with van der Waals surface area (Å²) in [4.78, 5) is 0. The molecule has 0 aromatic heterocycles. The Morgan fingerprint density at radius 1 is 0.387 bits per heavy atom. The zero-order valence-electron chi connectivity index (χ0n) is 40.7. The van der Waals surface area contributed by atoms with Gasteiger partial charge in [0.2, 0.25) is 0 Å². The highest BCUT2D eigenvalue weighted by Crippen LogP contribution is 2.75. The molecule has 12 atom stereocenters. The molecule has 14 aliphatic rings. The number of hydrogen-bond acceptors (Lipinski definition) is 0. The molecule has 14 aliphatic carbocycles. The number of allylic oxidation sites excluding steroid dienone is 12. The van der Waals surface area contributed by atoms with Gasteiger partial charge in [-0.2, -0.15) is 0 Å². The van der Waals surface area contributed by atoms with Crippen molar-refractivity contribution in [2.45, 2.75) is 221 Å². The van der Waals surface area contributed by atoms with Crippen LogP contribution >= 0.6 is 0 Å². The van der Waals surface area contributed by atoms with Crippen molar-refractivity contribution in [3.63, 3.8) is 0 Å². The largest absolute Gasteiger partial charge is 0.0633 e. The maximum absolute atomic E-state index is 2.87. The molecule has 14 fully saturated rings. The molecule has 0 amide bonds. The second-order valence-electron chi connectivity index (χ2n) is 27.8. The first-order valence-electron chi connectivity index (χ1n) is 28.3. The lowest BCUT2D eigenvalue weighted by Gasteiger charge is -2.46. The normalized spacial score (nSPS) is 54.1. The quantitative estimate of drug-likeness (QED) is 0.228. The van der Waals surface area contributed by atoms with E-state index >= 15 is 0 Å². The van der Waals surface area contributed by atoms with Crippen LogP contribution in [-0.4, -0.2) is 0 Å². The molecule has 14 rings (SSSR count). The lowest BCUT2D eigenvalue weighted by Crippen LogP contribution is -2.34. The second kappa shape index (κ2) is 13.5. The Balaban J connectivity index is 1.16. The van der Waals surface area contributed by atoms with Crippen LogP contribution in [0.4, 0.5) is 0 Å². The maximum atomic E-state index is 2.87. The Bertz CT molecular complexity index is 2160. The van der Waals surface area contributed by atoms with Gasteiger partial charge in [-0.3, -0.25) is 0 Å². The van der Waals surface area contributed by atoms with E-state index in [4.69, 9.17) is 0 Å². The molecule has 62 heavy (non-hydrogen) atoms. The summed E-state index contributed by atoms with van der Waals surface area (Å²) in [5.74, 6) is 10.4. The highest BCUT2D eigenvalue weighted by Gasteiger charge is 2.64. The second-order valence-corrected chi connectivity index (χ2v) is 27.8. The molecule has 0 spiro atoms. The molecular weight excluding hydrogens is 745 g/mol. The van der Waals surface area contributed by atoms with Gasteiger partial charge in [0.15, 0.2) is 0 Å². The summed E-state index contributed by atoms with van der Waals surface area (Å²) >= 11 is 0. The van der Waals surface area contributed by atoms with E-state index in [0.29, 0.717) is 27.6 Å². The minimum absolute atomic E-state index is 0.308. The van der Waals surface area contributed by atoms with Crippen molar-refractivity contribution >= 4 is 0 Å². The Hall–Kier alpha value is -1.56. The predicted octanol–water partition coefficient (Wildman–Crippen LogP) is 17.3. The molecule has 0 N–H and O–H groups in total. The van der Waals surface area contributed by atoms with Crippen molar-refractivity contribution in [3.05, 3.63) is 66.9 Å². The van der Waals surface area contributed by atoms with Crippen molar-refractivity contribution in [2.75, 3.05) is 0 Å². The zero-order chi connectivity index (χ0) is 41.7. The van der Waals surface area contributed by atoms with Crippen LogP contribution in [0.5, 0.6) is 0 Å². The number of fused-ring (bicyclic) bond motifs is 15. The average Bonchev–Trinajstić information content (AvgIpc) is 4.16. The van der Waals surface area contributed by atoms with Gasteiger partial charge in [0.05, 0.1) is 0 Å². The Morgan fingerprint density at radius 2 is 0.935 bits per heavy atom. The van der Waals surface area contributed by atoms with Crippen LogP contribution in [-0.2, 0) is 0 Å². The van der Waals surface area contributed by atoms with Gasteiger partial charge in [0.1, 0.15) is 0 Å². The summed E-state index contributed by atoms with van der Waals surface area (Å²) in [5, 5.41) is 0. The van der Waals surface area contributed by atoms with Crippen molar-refractivity contribution in [1.82, 2.24) is 0 Å². The van der Waals surface area contributed by atoms with Crippen LogP contribution in [0.15, 0.2) is 66.9 Å². The molecule has 0 aromatic carbocycles. The third-order valence-corrected chi connectivity index (χ3v) is 25.6. The molecule has 14 saturated carbocycles. The summed E-state index contributed by atoms with van der Waals surface area (Å²) in [6.07, 6.45) is 41.5. The van der Waals surface area contributed by atoms with Gasteiger partial charge in [-0.05, 0) is 287 Å². The standard InChI is InChI=1S/C62H86/c1-59(2)44-23-25-61(59,5)51(33-44)56-47-22-20-43(32-50(48-30-36-14-18-41(48)28-36)55(47)49-31-37-15-19-42(49)29-37)54(53-38-9-7-10-39(53)12-8-11-38)57(46-21-16-35-13-17-40(46)27-35)58(56)52-34-45-24-26-62(52,6)60(45,3)4/h35-45,47H,7-34H2,1-6H3. The van der Waals surface area contributed by atoms with E-state index in [0.717, 1.165) is 65.1 Å². The van der Waals surface area contributed by atoms with E-state index in [9.17, 15) is 0 Å². The van der Waals surface area contributed by atoms with Gasteiger partial charge in [0, 0.05) is 5.92 Å². The Kier molecular flexibility index (Phi) is 8.65. The summed E-state index contributed by atoms with van der Waals surface area (Å²) in [7, 11) is 0. The minimum Gasteiger partial charge on any atom is -0.0633 e. The van der Waals surface area contributed by atoms with E-state index in [1.807, 2.05) is 11.1 Å². The number of rotatable bonds is 0. The third kappa shape index (κ3) is 5.15. The van der Waals surface area contributed by atoms with Crippen LogP contribution in [0.25, 0.3) is 0 Å². The Labute approximate surface area is 379 Å². The van der Waals surface area contributed by atoms with Gasteiger partial charge in [-0.25, -0.2) is 0 Å². The minimum atomic E-state index is 0.308. The molecular formula is C62H86. The maximum Gasteiger partial charge on any atom is 0.00978 e. The lowest BCUT2D eigenvalue weighted by molar-refractivity contribution is 0.177. The van der Waals surface area contributed by atoms with E-state index in [1.165, 1.54) is 180 Å². The molecule has 0 heterocycles. The van der Waals surface area contributed by atoms with Gasteiger partial charge in [0.25, 0.3) is 0 Å². The molecule has 12 unspecified atom stereocenters. The van der Waals surface area contributed by atoms with Crippen LogP contribution in [0.1, 0.15) is 221 Å². The van der Waals surface area contributed by atoms with E-state index < -0.39 is 0 Å². The lowest BCUT2D eigenvalue weighted by atomic mass is 9.58. The summed E-state index contributed by atoms with van der Waals surface area (Å²) in [6.45, 7) is 16.8. The van der Waals surface area contributed by atoms with Crippen molar-refractivity contribution in [2.24, 2.45) is 92.7 Å². The van der Waals surface area contributed by atoms with Crippen molar-refractivity contribution in [3.8, 4) is 0 Å². The average molecular weight is 831 g/mol. The molecule has 0 aromatic rings. The predicted molar refractivity (Wildman–Crippen MR) is 257 cm³/mol. The topological polar surface area (TPSA) is 0 Å². The highest BCUT2D eigenvalue weighted by molar-refractivity contribution is 5.71. The summed E-state index contributed by atoms with van der Waals surface area (Å²) in [6, 6.07) is 0.